The lowest BCUT2D eigenvalue weighted by molar-refractivity contribution is 0.458. The van der Waals surface area contributed by atoms with Crippen LogP contribution in [0.3, 0.4) is 0 Å². The van der Waals surface area contributed by atoms with Gasteiger partial charge in [-0.05, 0) is 6.42 Å². The predicted octanol–water partition coefficient (Wildman–Crippen LogP) is 0.102. The number of rotatable bonds is 5. The molecule has 3 nitrogen and oxygen atoms in total. The number of carbonyl (C=O) groups excluding carboxylic acids is 3. The maximum absolute atomic E-state index is 10.0. The zero-order valence-electron chi connectivity index (χ0n) is 5.64. The quantitative estimate of drug-likeness (QED) is 0.507. The Bertz CT molecular complexity index is 118. The van der Waals surface area contributed by atoms with Gasteiger partial charge in [-0.1, -0.05) is 13.3 Å². The molecule has 0 amide bonds. The van der Waals surface area contributed by atoms with E-state index in [-0.39, 0.29) is 6.42 Å². The zero-order valence-corrected chi connectivity index (χ0v) is 5.64. The van der Waals surface area contributed by atoms with E-state index in [0.717, 1.165) is 0 Å². The summed E-state index contributed by atoms with van der Waals surface area (Å²) in [5.74, 6) is 0. The van der Waals surface area contributed by atoms with Gasteiger partial charge in [0.15, 0.2) is 5.41 Å². The largest absolute Gasteiger partial charge is 0.289 e. The van der Waals surface area contributed by atoms with Gasteiger partial charge in [0.05, 0.1) is 0 Å². The van der Waals surface area contributed by atoms with Crippen molar-refractivity contribution >= 4 is 18.9 Å². The van der Waals surface area contributed by atoms with Crippen LogP contribution in [0, 0.1) is 5.41 Å². The van der Waals surface area contributed by atoms with Gasteiger partial charge >= 0.3 is 0 Å². The molecule has 0 rings (SSSR count). The van der Waals surface area contributed by atoms with Crippen molar-refractivity contribution in [1.82, 2.24) is 0 Å². The van der Waals surface area contributed by atoms with E-state index in [1.165, 1.54) is 18.9 Å². The van der Waals surface area contributed by atoms with Gasteiger partial charge in [-0.15, -0.1) is 0 Å². The third-order valence-electron chi connectivity index (χ3n) is 1.15. The molecular weight excluding hydrogens is 132 g/mol. The normalized spacial score (nSPS) is 10.5. The smallest absolute Gasteiger partial charge is 0.221 e. The maximum atomic E-state index is 10.0. The molecule has 0 unspecified atom stereocenters. The minimum Gasteiger partial charge on any atom is -0.289 e. The summed E-state index contributed by atoms with van der Waals surface area (Å²) in [7, 11) is 0. The van der Waals surface area contributed by atoms with Crippen LogP contribution in [0.1, 0.15) is 19.8 Å². The van der Waals surface area contributed by atoms with Gasteiger partial charge < -0.3 is 0 Å². The molecule has 0 aromatic rings. The Morgan fingerprint density at radius 1 is 1.10 bits per heavy atom. The minimum absolute atomic E-state index is 0.142. The molecule has 53 valence electrons. The highest BCUT2D eigenvalue weighted by Gasteiger charge is 2.31. The monoisotopic (exact) mass is 139 g/mol. The van der Waals surface area contributed by atoms with Crippen LogP contribution < -0.4 is 0 Å². The molecule has 10 heavy (non-hydrogen) atoms. The summed E-state index contributed by atoms with van der Waals surface area (Å²) >= 11 is 0. The molecule has 0 saturated carbocycles. The lowest BCUT2D eigenvalue weighted by Crippen LogP contribution is -2.25. The minimum atomic E-state index is -1.74. The zero-order chi connectivity index (χ0) is 8.04. The summed E-state index contributed by atoms with van der Waals surface area (Å²) < 4.78 is 0. The molecule has 3 radical (unpaired) electrons. The van der Waals surface area contributed by atoms with E-state index in [1.54, 1.807) is 6.92 Å². The standard InChI is InChI=1S/C7H7O3/c1-2-3-7(4-8,5-9)6-10/h2-3H2,1H3. The fourth-order valence-electron chi connectivity index (χ4n) is 0.591. The summed E-state index contributed by atoms with van der Waals surface area (Å²) in [5, 5.41) is 0. The molecule has 3 heteroatoms. The van der Waals surface area contributed by atoms with Crippen LogP contribution in [-0.4, -0.2) is 18.9 Å². The summed E-state index contributed by atoms with van der Waals surface area (Å²) in [4.78, 5) is 30.1. The Hall–Kier alpha value is -0.990. The van der Waals surface area contributed by atoms with Crippen molar-refractivity contribution < 1.29 is 14.4 Å². The van der Waals surface area contributed by atoms with E-state index in [2.05, 4.69) is 0 Å². The highest BCUT2D eigenvalue weighted by Crippen LogP contribution is 2.14. The molecule has 0 atom stereocenters. The molecule has 0 fully saturated rings. The second kappa shape index (κ2) is 3.93. The van der Waals surface area contributed by atoms with E-state index >= 15 is 0 Å². The van der Waals surface area contributed by atoms with Crippen LogP contribution in [0.15, 0.2) is 0 Å². The summed E-state index contributed by atoms with van der Waals surface area (Å²) in [6, 6.07) is 0. The second-order valence-corrected chi connectivity index (χ2v) is 1.96. The molecule has 0 aliphatic carbocycles. The topological polar surface area (TPSA) is 51.2 Å². The van der Waals surface area contributed by atoms with Crippen LogP contribution in [0.4, 0.5) is 0 Å². The van der Waals surface area contributed by atoms with Crippen molar-refractivity contribution in [2.24, 2.45) is 5.41 Å². The molecular formula is C7H7O3. The second-order valence-electron chi connectivity index (χ2n) is 1.96. The Morgan fingerprint density at radius 2 is 1.50 bits per heavy atom. The van der Waals surface area contributed by atoms with Gasteiger partial charge in [0.1, 0.15) is 0 Å². The molecule has 0 saturated heterocycles. The van der Waals surface area contributed by atoms with Crippen molar-refractivity contribution in [3.8, 4) is 0 Å². The fourth-order valence-corrected chi connectivity index (χ4v) is 0.591. The van der Waals surface area contributed by atoms with Gasteiger partial charge in [-0.3, -0.25) is 14.4 Å². The first-order chi connectivity index (χ1) is 4.74. The van der Waals surface area contributed by atoms with Crippen LogP contribution in [0.5, 0.6) is 0 Å². The SMILES string of the molecule is CCCC([C]=O)([C]=O)[C]=O. The average Bonchev–Trinajstić information content (AvgIpc) is 2.01. The Labute approximate surface area is 59.4 Å². The predicted molar refractivity (Wildman–Crippen MR) is 34.4 cm³/mol. The first-order valence-corrected chi connectivity index (χ1v) is 2.92. The Morgan fingerprint density at radius 3 is 1.60 bits per heavy atom. The fraction of sp³-hybridized carbons (Fsp3) is 0.571. The molecule has 0 aliphatic heterocycles. The van der Waals surface area contributed by atoms with Crippen LogP contribution in [0.25, 0.3) is 0 Å². The molecule has 0 bridgehead atoms. The van der Waals surface area contributed by atoms with E-state index in [9.17, 15) is 14.4 Å². The van der Waals surface area contributed by atoms with Crippen molar-refractivity contribution in [1.29, 1.82) is 0 Å². The molecule has 0 heterocycles. The van der Waals surface area contributed by atoms with Crippen LogP contribution >= 0.6 is 0 Å². The van der Waals surface area contributed by atoms with Crippen molar-refractivity contribution in [2.75, 3.05) is 0 Å². The van der Waals surface area contributed by atoms with E-state index in [4.69, 9.17) is 0 Å². The first-order valence-electron chi connectivity index (χ1n) is 2.92. The molecule has 0 aliphatic rings. The van der Waals surface area contributed by atoms with Gasteiger partial charge in [0, 0.05) is 0 Å². The van der Waals surface area contributed by atoms with Crippen LogP contribution in [0.2, 0.25) is 0 Å². The van der Waals surface area contributed by atoms with Gasteiger partial charge in [0.25, 0.3) is 0 Å². The summed E-state index contributed by atoms with van der Waals surface area (Å²) in [6.45, 7) is 1.75. The maximum Gasteiger partial charge on any atom is 0.221 e. The lowest BCUT2D eigenvalue weighted by atomic mass is 9.89. The Kier molecular flexibility index (Phi) is 3.54. The van der Waals surface area contributed by atoms with Crippen LogP contribution in [-0.2, 0) is 14.4 Å². The highest BCUT2D eigenvalue weighted by atomic mass is 16.2. The molecule has 0 spiro atoms. The van der Waals surface area contributed by atoms with E-state index in [0.29, 0.717) is 6.42 Å². The van der Waals surface area contributed by atoms with E-state index < -0.39 is 5.41 Å². The molecule has 0 N–H and O–H groups in total. The molecule has 0 aromatic carbocycles. The number of hydrogen-bond donors (Lipinski definition) is 0. The summed E-state index contributed by atoms with van der Waals surface area (Å²) in [5.41, 5.74) is -1.74. The van der Waals surface area contributed by atoms with Crippen molar-refractivity contribution in [2.45, 2.75) is 19.8 Å². The third kappa shape index (κ3) is 1.76. The van der Waals surface area contributed by atoms with Gasteiger partial charge in [-0.25, -0.2) is 0 Å². The average molecular weight is 139 g/mol. The van der Waals surface area contributed by atoms with E-state index in [1.807, 2.05) is 0 Å². The number of hydrogen-bond acceptors (Lipinski definition) is 3. The summed E-state index contributed by atoms with van der Waals surface area (Å²) in [6.07, 6.45) is 4.65. The lowest BCUT2D eigenvalue weighted by Gasteiger charge is -2.06. The molecule has 0 aromatic heterocycles. The highest BCUT2D eigenvalue weighted by molar-refractivity contribution is 6.02. The third-order valence-corrected chi connectivity index (χ3v) is 1.15. The first kappa shape index (κ1) is 9.01. The van der Waals surface area contributed by atoms with Gasteiger partial charge in [0.2, 0.25) is 18.9 Å². The van der Waals surface area contributed by atoms with Gasteiger partial charge in [-0.2, -0.15) is 0 Å². The van der Waals surface area contributed by atoms with Crippen molar-refractivity contribution in [3.05, 3.63) is 0 Å². The van der Waals surface area contributed by atoms with Crippen molar-refractivity contribution in [3.63, 3.8) is 0 Å². The Balaban J connectivity index is 4.29.